The topological polar surface area (TPSA) is 78.4 Å². The van der Waals surface area contributed by atoms with Crippen molar-refractivity contribution in [1.82, 2.24) is 10.6 Å². The van der Waals surface area contributed by atoms with Gasteiger partial charge in [0.15, 0.2) is 0 Å². The number of nitrogens with one attached hydrogen (secondary N) is 2. The van der Waals surface area contributed by atoms with Gasteiger partial charge in [-0.15, -0.1) is 0 Å². The number of hydrogen-bond donors (Lipinski definition) is 3. The molecule has 1 fully saturated rings. The Kier molecular flexibility index (Phi) is 4.68. The minimum absolute atomic E-state index is 0.264. The maximum atomic E-state index is 12.9. The molecule has 1 saturated heterocycles. The summed E-state index contributed by atoms with van der Waals surface area (Å²) >= 11 is 0. The molecule has 3 N–H and O–H groups in total. The van der Waals surface area contributed by atoms with Crippen LogP contribution in [0.15, 0.2) is 0 Å². The van der Waals surface area contributed by atoms with Gasteiger partial charge in [-0.25, -0.2) is 4.79 Å². The number of hydrogen-bond acceptors (Lipinski definition) is 3. The lowest BCUT2D eigenvalue weighted by Gasteiger charge is -2.34. The van der Waals surface area contributed by atoms with E-state index in [2.05, 4.69) is 5.32 Å². The van der Waals surface area contributed by atoms with Crippen LogP contribution in [0.4, 0.5) is 13.2 Å². The molecule has 1 rings (SSSR count). The third-order valence-electron chi connectivity index (χ3n) is 3.81. The van der Waals surface area contributed by atoms with E-state index in [-0.39, 0.29) is 6.54 Å². The van der Waals surface area contributed by atoms with Crippen LogP contribution in [0.5, 0.6) is 0 Å². The highest BCUT2D eigenvalue weighted by Gasteiger charge is 2.60. The van der Waals surface area contributed by atoms with Crippen LogP contribution in [0, 0.1) is 5.41 Å². The highest BCUT2D eigenvalue weighted by atomic mass is 19.4. The Morgan fingerprint density at radius 2 is 2.00 bits per heavy atom. The molecular formula is C12H19F3N2O3. The fourth-order valence-electron chi connectivity index (χ4n) is 2.35. The second kappa shape index (κ2) is 5.59. The van der Waals surface area contributed by atoms with E-state index in [1.54, 1.807) is 5.32 Å². The summed E-state index contributed by atoms with van der Waals surface area (Å²) in [5, 5.41) is 13.5. The van der Waals surface area contributed by atoms with Gasteiger partial charge in [0.25, 0.3) is 0 Å². The van der Waals surface area contributed by atoms with Crippen LogP contribution < -0.4 is 10.6 Å². The molecule has 0 aromatic rings. The molecule has 0 aromatic heterocycles. The van der Waals surface area contributed by atoms with Gasteiger partial charge in [-0.1, -0.05) is 13.3 Å². The number of carbonyl (C=O) groups excluding carboxylic acids is 1. The summed E-state index contributed by atoms with van der Waals surface area (Å²) in [6.45, 7) is 3.09. The summed E-state index contributed by atoms with van der Waals surface area (Å²) in [5.74, 6) is -2.97. The zero-order chi connectivity index (χ0) is 15.6. The van der Waals surface area contributed by atoms with Crippen molar-refractivity contribution in [1.29, 1.82) is 0 Å². The molecule has 0 saturated carbocycles. The van der Waals surface area contributed by atoms with Gasteiger partial charge in [-0.05, 0) is 26.3 Å². The quantitative estimate of drug-likeness (QED) is 0.714. The van der Waals surface area contributed by atoms with Gasteiger partial charge in [0.1, 0.15) is 0 Å². The maximum absolute atomic E-state index is 12.9. The smallest absolute Gasteiger partial charge is 0.422 e. The zero-order valence-corrected chi connectivity index (χ0v) is 11.4. The largest absolute Gasteiger partial charge is 0.479 e. The SMILES string of the molecule is CCCC1(C(=O)NC(C)(C(=O)O)C(F)(F)F)CCNC1. The van der Waals surface area contributed by atoms with Crippen molar-refractivity contribution in [3.05, 3.63) is 0 Å². The van der Waals surface area contributed by atoms with E-state index in [1.807, 2.05) is 6.92 Å². The average molecular weight is 296 g/mol. The minimum Gasteiger partial charge on any atom is -0.479 e. The Morgan fingerprint density at radius 3 is 2.35 bits per heavy atom. The normalized spacial score (nSPS) is 26.1. The Hall–Kier alpha value is -1.31. The molecule has 0 aliphatic carbocycles. The van der Waals surface area contributed by atoms with E-state index in [4.69, 9.17) is 5.11 Å². The number of carbonyl (C=O) groups is 2. The molecule has 5 nitrogen and oxygen atoms in total. The first kappa shape index (κ1) is 16.7. The monoisotopic (exact) mass is 296 g/mol. The number of alkyl halides is 3. The standard InChI is InChI=1S/C12H19F3N2O3/c1-3-4-11(5-6-16-7-11)8(18)17-10(2,9(19)20)12(13,14)15/h16H,3-7H2,1-2H3,(H,17,18)(H,19,20). The summed E-state index contributed by atoms with van der Waals surface area (Å²) in [6, 6.07) is 0. The molecule has 8 heteroatoms. The van der Waals surface area contributed by atoms with E-state index in [9.17, 15) is 22.8 Å². The van der Waals surface area contributed by atoms with Gasteiger partial charge in [-0.2, -0.15) is 13.2 Å². The number of carboxylic acid groups (broad SMARTS) is 1. The lowest BCUT2D eigenvalue weighted by Crippen LogP contribution is -2.64. The summed E-state index contributed by atoms with van der Waals surface area (Å²) in [7, 11) is 0. The molecule has 1 amide bonds. The molecule has 1 heterocycles. The first-order valence-corrected chi connectivity index (χ1v) is 6.42. The lowest BCUT2D eigenvalue weighted by molar-refractivity contribution is -0.208. The summed E-state index contributed by atoms with van der Waals surface area (Å²) in [4.78, 5) is 23.1. The van der Waals surface area contributed by atoms with Gasteiger partial charge >= 0.3 is 12.1 Å². The van der Waals surface area contributed by atoms with Gasteiger partial charge < -0.3 is 15.7 Å². The van der Waals surface area contributed by atoms with Crippen LogP contribution in [-0.4, -0.2) is 41.8 Å². The number of rotatable bonds is 5. The van der Waals surface area contributed by atoms with Crippen molar-refractivity contribution >= 4 is 11.9 Å². The highest BCUT2D eigenvalue weighted by molar-refractivity contribution is 5.90. The molecule has 1 aliphatic heterocycles. The van der Waals surface area contributed by atoms with Crippen molar-refractivity contribution in [2.24, 2.45) is 5.41 Å². The molecule has 2 unspecified atom stereocenters. The molecule has 0 aromatic carbocycles. The molecule has 0 bridgehead atoms. The summed E-state index contributed by atoms with van der Waals surface area (Å²) in [6.07, 6.45) is -3.61. The molecule has 116 valence electrons. The summed E-state index contributed by atoms with van der Waals surface area (Å²) < 4.78 is 38.7. The lowest BCUT2D eigenvalue weighted by atomic mass is 9.80. The number of amides is 1. The zero-order valence-electron chi connectivity index (χ0n) is 11.4. The van der Waals surface area contributed by atoms with Gasteiger partial charge in [-0.3, -0.25) is 4.79 Å². The molecule has 2 atom stereocenters. The van der Waals surface area contributed by atoms with Crippen LogP contribution in [0.25, 0.3) is 0 Å². The van der Waals surface area contributed by atoms with Crippen LogP contribution in [-0.2, 0) is 9.59 Å². The molecule has 1 aliphatic rings. The van der Waals surface area contributed by atoms with Crippen LogP contribution in [0.2, 0.25) is 0 Å². The van der Waals surface area contributed by atoms with E-state index in [1.165, 1.54) is 0 Å². The Bertz CT molecular complexity index is 392. The first-order chi connectivity index (χ1) is 9.09. The maximum Gasteiger partial charge on any atom is 0.422 e. The van der Waals surface area contributed by atoms with Crippen LogP contribution >= 0.6 is 0 Å². The second-order valence-electron chi connectivity index (χ2n) is 5.34. The number of aliphatic carboxylic acids is 1. The van der Waals surface area contributed by atoms with Crippen LogP contribution in [0.3, 0.4) is 0 Å². The fraction of sp³-hybridized carbons (Fsp3) is 0.833. The average Bonchev–Trinajstić information content (AvgIpc) is 2.77. The molecule has 0 spiro atoms. The third-order valence-corrected chi connectivity index (χ3v) is 3.81. The number of carboxylic acids is 1. The van der Waals surface area contributed by atoms with Crippen molar-refractivity contribution in [3.8, 4) is 0 Å². The van der Waals surface area contributed by atoms with Crippen molar-refractivity contribution in [3.63, 3.8) is 0 Å². The Balaban J connectivity index is 2.99. The van der Waals surface area contributed by atoms with Crippen molar-refractivity contribution in [2.45, 2.75) is 44.8 Å². The van der Waals surface area contributed by atoms with Gasteiger partial charge in [0.05, 0.1) is 5.41 Å². The van der Waals surface area contributed by atoms with Gasteiger partial charge in [0, 0.05) is 6.54 Å². The first-order valence-electron chi connectivity index (χ1n) is 6.42. The van der Waals surface area contributed by atoms with E-state index in [0.717, 1.165) is 0 Å². The summed E-state index contributed by atoms with van der Waals surface area (Å²) in [5.41, 5.74) is -4.23. The third kappa shape index (κ3) is 2.89. The molecular weight excluding hydrogens is 277 g/mol. The Morgan fingerprint density at radius 1 is 1.40 bits per heavy atom. The minimum atomic E-state index is -5.06. The number of halogens is 3. The second-order valence-corrected chi connectivity index (χ2v) is 5.34. The highest BCUT2D eigenvalue weighted by Crippen LogP contribution is 2.35. The fourth-order valence-corrected chi connectivity index (χ4v) is 2.35. The van der Waals surface area contributed by atoms with Gasteiger partial charge in [0.2, 0.25) is 11.4 Å². The van der Waals surface area contributed by atoms with E-state index in [0.29, 0.717) is 32.7 Å². The van der Waals surface area contributed by atoms with E-state index < -0.39 is 29.0 Å². The van der Waals surface area contributed by atoms with Crippen molar-refractivity contribution in [2.75, 3.05) is 13.1 Å². The van der Waals surface area contributed by atoms with Crippen molar-refractivity contribution < 1.29 is 27.9 Å². The predicted molar refractivity (Wildman–Crippen MR) is 65.1 cm³/mol. The van der Waals surface area contributed by atoms with E-state index >= 15 is 0 Å². The molecule has 0 radical (unpaired) electrons. The predicted octanol–water partition coefficient (Wildman–Crippen LogP) is 1.29. The Labute approximate surface area is 114 Å². The van der Waals surface area contributed by atoms with Crippen LogP contribution in [0.1, 0.15) is 33.1 Å². The molecule has 20 heavy (non-hydrogen) atoms.